The van der Waals surface area contributed by atoms with Crippen molar-refractivity contribution in [2.24, 2.45) is 0 Å². The second-order valence-corrected chi connectivity index (χ2v) is 6.80. The number of benzene rings is 2. The van der Waals surface area contributed by atoms with Crippen molar-refractivity contribution in [3.8, 4) is 11.3 Å². The normalized spacial score (nSPS) is 12.6. The van der Waals surface area contributed by atoms with E-state index in [4.69, 9.17) is 4.42 Å². The van der Waals surface area contributed by atoms with Gasteiger partial charge < -0.3 is 9.32 Å². The number of hydrogen-bond donors (Lipinski definition) is 0. The maximum Gasteiger partial charge on any atom is 0.203 e. The summed E-state index contributed by atoms with van der Waals surface area (Å²) in [5, 5.41) is 2.40. The van der Waals surface area contributed by atoms with Crippen molar-refractivity contribution in [1.82, 2.24) is 4.58 Å². The third kappa shape index (κ3) is 3.77. The first-order valence-corrected chi connectivity index (χ1v) is 10.0. The van der Waals surface area contributed by atoms with Gasteiger partial charge in [0.15, 0.2) is 0 Å². The minimum Gasteiger partial charge on any atom is -0.456 e. The van der Waals surface area contributed by atoms with E-state index in [1.807, 2.05) is 0 Å². The van der Waals surface area contributed by atoms with Gasteiger partial charge in [-0.25, -0.2) is 4.58 Å². The van der Waals surface area contributed by atoms with Gasteiger partial charge in [0.2, 0.25) is 5.36 Å². The lowest BCUT2D eigenvalue weighted by Crippen LogP contribution is -2.30. The SMILES string of the molecule is CCCC[N+](CC)=c1ccc2cc3ccc(N(CC)CC)cc3oc-2c1. The predicted molar refractivity (Wildman–Crippen MR) is 112 cm³/mol. The van der Waals surface area contributed by atoms with Crippen LogP contribution in [0.5, 0.6) is 0 Å². The molecule has 0 saturated heterocycles. The van der Waals surface area contributed by atoms with Gasteiger partial charge in [0, 0.05) is 48.3 Å². The van der Waals surface area contributed by atoms with Crippen LogP contribution in [0.4, 0.5) is 5.69 Å². The molecule has 0 radical (unpaired) electrons. The molecule has 26 heavy (non-hydrogen) atoms. The summed E-state index contributed by atoms with van der Waals surface area (Å²) < 4.78 is 8.74. The fourth-order valence-electron chi connectivity index (χ4n) is 3.55. The minimum absolute atomic E-state index is 0.954. The molecule has 1 aliphatic heterocycles. The van der Waals surface area contributed by atoms with E-state index < -0.39 is 0 Å². The lowest BCUT2D eigenvalue weighted by molar-refractivity contribution is 0.562. The quantitative estimate of drug-likeness (QED) is 0.442. The molecular formula is C23H31N2O+. The topological polar surface area (TPSA) is 19.4 Å². The van der Waals surface area contributed by atoms with Gasteiger partial charge in [-0.05, 0) is 45.0 Å². The van der Waals surface area contributed by atoms with Crippen LogP contribution in [0.3, 0.4) is 0 Å². The lowest BCUT2D eigenvalue weighted by Gasteiger charge is -2.21. The van der Waals surface area contributed by atoms with Crippen molar-refractivity contribution in [3.05, 3.63) is 47.8 Å². The highest BCUT2D eigenvalue weighted by molar-refractivity contribution is 5.85. The number of hydrogen-bond acceptors (Lipinski definition) is 2. The zero-order valence-corrected chi connectivity index (χ0v) is 16.6. The van der Waals surface area contributed by atoms with Crippen LogP contribution in [0.1, 0.15) is 40.5 Å². The van der Waals surface area contributed by atoms with Crippen LogP contribution >= 0.6 is 0 Å². The number of nitrogens with zero attached hydrogens (tertiary/aromatic N) is 2. The average Bonchev–Trinajstić information content (AvgIpc) is 2.67. The molecule has 1 aliphatic carbocycles. The van der Waals surface area contributed by atoms with Gasteiger partial charge in [0.1, 0.15) is 24.4 Å². The molecule has 1 aromatic rings. The number of anilines is 1. The van der Waals surface area contributed by atoms with E-state index in [1.54, 1.807) is 0 Å². The van der Waals surface area contributed by atoms with Gasteiger partial charge in [-0.3, -0.25) is 0 Å². The molecule has 3 heteroatoms. The van der Waals surface area contributed by atoms with Crippen molar-refractivity contribution >= 4 is 16.7 Å². The third-order valence-electron chi connectivity index (χ3n) is 5.18. The van der Waals surface area contributed by atoms with E-state index in [0.717, 1.165) is 48.5 Å². The summed E-state index contributed by atoms with van der Waals surface area (Å²) in [7, 11) is 0. The molecule has 0 atom stereocenters. The fraction of sp³-hybridized carbons (Fsp3) is 0.435. The summed E-state index contributed by atoms with van der Waals surface area (Å²) in [6, 6.07) is 15.3. The van der Waals surface area contributed by atoms with Crippen LogP contribution in [-0.2, 0) is 0 Å². The Kier molecular flexibility index (Phi) is 5.97. The van der Waals surface area contributed by atoms with E-state index in [1.165, 1.54) is 23.9 Å². The predicted octanol–water partition coefficient (Wildman–Crippen LogP) is 4.98. The minimum atomic E-state index is 0.954. The Morgan fingerprint density at radius 1 is 0.923 bits per heavy atom. The molecule has 0 amide bonds. The summed E-state index contributed by atoms with van der Waals surface area (Å²) >= 11 is 0. The molecule has 0 fully saturated rings. The van der Waals surface area contributed by atoms with Crippen molar-refractivity contribution in [2.75, 3.05) is 31.1 Å². The maximum atomic E-state index is 6.31. The van der Waals surface area contributed by atoms with Gasteiger partial charge >= 0.3 is 0 Å². The average molecular weight is 352 g/mol. The molecule has 138 valence electrons. The van der Waals surface area contributed by atoms with E-state index in [9.17, 15) is 0 Å². The summed E-state index contributed by atoms with van der Waals surface area (Å²) in [6.45, 7) is 13.0. The molecule has 0 unspecified atom stereocenters. The zero-order valence-electron chi connectivity index (χ0n) is 16.6. The second kappa shape index (κ2) is 8.39. The summed E-state index contributed by atoms with van der Waals surface area (Å²) in [6.07, 6.45) is 2.43. The van der Waals surface area contributed by atoms with E-state index in [0.29, 0.717) is 0 Å². The highest BCUT2D eigenvalue weighted by atomic mass is 16.3. The first-order valence-electron chi connectivity index (χ1n) is 10.0. The first kappa shape index (κ1) is 18.5. The van der Waals surface area contributed by atoms with Crippen molar-refractivity contribution in [1.29, 1.82) is 0 Å². The maximum absolute atomic E-state index is 6.31. The largest absolute Gasteiger partial charge is 0.456 e. The van der Waals surface area contributed by atoms with Crippen molar-refractivity contribution in [3.63, 3.8) is 0 Å². The van der Waals surface area contributed by atoms with Crippen molar-refractivity contribution < 1.29 is 4.42 Å². The Morgan fingerprint density at radius 2 is 1.73 bits per heavy atom. The highest BCUT2D eigenvalue weighted by Gasteiger charge is 2.12. The molecule has 3 nitrogen and oxygen atoms in total. The molecule has 0 saturated carbocycles. The molecule has 0 bridgehead atoms. The molecular weight excluding hydrogens is 320 g/mol. The summed E-state index contributed by atoms with van der Waals surface area (Å²) in [5.41, 5.74) is 3.33. The molecule has 0 N–H and O–H groups in total. The van der Waals surface area contributed by atoms with Crippen LogP contribution in [0.2, 0.25) is 0 Å². The van der Waals surface area contributed by atoms with E-state index in [2.05, 4.69) is 79.6 Å². The third-order valence-corrected chi connectivity index (χ3v) is 5.18. The summed E-state index contributed by atoms with van der Waals surface area (Å²) in [5.74, 6) is 0.960. The van der Waals surface area contributed by atoms with Gasteiger partial charge in [0.25, 0.3) is 0 Å². The van der Waals surface area contributed by atoms with Crippen LogP contribution in [-0.4, -0.2) is 26.2 Å². The van der Waals surface area contributed by atoms with Gasteiger partial charge in [-0.2, -0.15) is 0 Å². The standard InChI is InChI=1S/C23H31N2O/c1-5-9-14-25(8-4)21-13-11-19-15-18-10-12-20(24(6-2)7-3)16-22(18)26-23(19)17-21/h10-13,15-17H,5-9,14H2,1-4H3/q+1. The van der Waals surface area contributed by atoms with Gasteiger partial charge in [-0.15, -0.1) is 0 Å². The van der Waals surface area contributed by atoms with E-state index in [-0.39, 0.29) is 0 Å². The van der Waals surface area contributed by atoms with Crippen LogP contribution < -0.4 is 14.8 Å². The highest BCUT2D eigenvalue weighted by Crippen LogP contribution is 2.29. The fourth-order valence-corrected chi connectivity index (χ4v) is 3.55. The Bertz CT molecular complexity index is 906. The lowest BCUT2D eigenvalue weighted by atomic mass is 10.1. The molecule has 0 aromatic heterocycles. The monoisotopic (exact) mass is 351 g/mol. The second-order valence-electron chi connectivity index (χ2n) is 6.80. The number of fused-ring (bicyclic) bond motifs is 2. The molecule has 2 aliphatic rings. The van der Waals surface area contributed by atoms with Gasteiger partial charge in [-0.1, -0.05) is 13.3 Å². The molecule has 3 rings (SSSR count). The van der Waals surface area contributed by atoms with Crippen LogP contribution in [0.15, 0.2) is 46.9 Å². The van der Waals surface area contributed by atoms with Crippen molar-refractivity contribution in [2.45, 2.75) is 40.5 Å². The molecule has 1 heterocycles. The molecule has 1 aromatic carbocycles. The zero-order chi connectivity index (χ0) is 18.5. The van der Waals surface area contributed by atoms with Gasteiger partial charge in [0.05, 0.1) is 6.07 Å². The Balaban J connectivity index is 2.12. The summed E-state index contributed by atoms with van der Waals surface area (Å²) in [4.78, 5) is 2.35. The smallest absolute Gasteiger partial charge is 0.203 e. The first-order chi connectivity index (χ1) is 12.7. The Morgan fingerprint density at radius 3 is 2.42 bits per heavy atom. The Hall–Kier alpha value is -2.29. The van der Waals surface area contributed by atoms with Crippen LogP contribution in [0, 0.1) is 0 Å². The van der Waals surface area contributed by atoms with E-state index >= 15 is 0 Å². The molecule has 0 spiro atoms. The Labute approximate surface area is 156 Å². The number of rotatable bonds is 7. The number of unbranched alkanes of at least 4 members (excludes halogenated alkanes) is 1. The van der Waals surface area contributed by atoms with Crippen LogP contribution in [0.25, 0.3) is 22.3 Å².